The summed E-state index contributed by atoms with van der Waals surface area (Å²) in [6.45, 7) is 9.82. The van der Waals surface area contributed by atoms with E-state index in [1.54, 1.807) is 0 Å². The lowest BCUT2D eigenvalue weighted by molar-refractivity contribution is -0.606. The summed E-state index contributed by atoms with van der Waals surface area (Å²) in [6, 6.07) is 1.97. The predicted molar refractivity (Wildman–Crippen MR) is 76.9 cm³/mol. The largest absolute Gasteiger partial charge is 0.711 e. The van der Waals surface area contributed by atoms with Crippen LogP contribution in [0.3, 0.4) is 0 Å². The molecule has 0 aromatic carbocycles. The highest BCUT2D eigenvalue weighted by molar-refractivity contribution is 5.51. The van der Waals surface area contributed by atoms with Crippen molar-refractivity contribution in [2.24, 2.45) is 7.05 Å². The fraction of sp³-hybridized carbons (Fsp3) is 0.286. The molecule has 0 atom stereocenters. The Bertz CT molecular complexity index is 954. The van der Waals surface area contributed by atoms with E-state index in [1.165, 1.54) is 19.9 Å². The van der Waals surface area contributed by atoms with E-state index in [-0.39, 0.29) is 27.5 Å². The van der Waals surface area contributed by atoms with E-state index in [4.69, 9.17) is 6.57 Å². The molecule has 0 N–H and O–H groups in total. The van der Waals surface area contributed by atoms with Crippen LogP contribution in [0.4, 0.5) is 14.5 Å². The number of alkyl halides is 2. The Kier molecular flexibility index (Phi) is 4.01. The Balaban J connectivity index is 2.93. The van der Waals surface area contributed by atoms with Crippen LogP contribution in [0.5, 0.6) is 0 Å². The summed E-state index contributed by atoms with van der Waals surface area (Å²) in [6.07, 6.45) is -3.00. The van der Waals surface area contributed by atoms with Gasteiger partial charge in [-0.25, -0.2) is 27.9 Å². The van der Waals surface area contributed by atoms with Gasteiger partial charge in [-0.1, -0.05) is 0 Å². The SMILES string of the molecule is [C-]#[N+]c1cc(C)c(-n2c(=O)cc(C(F)F)n(C)c2=O)[n+]([O-])c1C. The second-order valence-electron chi connectivity index (χ2n) is 4.91. The maximum atomic E-state index is 12.8. The minimum Gasteiger partial charge on any atom is -0.711 e. The summed E-state index contributed by atoms with van der Waals surface area (Å²) in [5, 5.41) is 12.3. The van der Waals surface area contributed by atoms with Gasteiger partial charge in [-0.3, -0.25) is 4.57 Å². The van der Waals surface area contributed by atoms with Crippen LogP contribution in [0.15, 0.2) is 21.7 Å². The van der Waals surface area contributed by atoms with E-state index in [2.05, 4.69) is 4.85 Å². The van der Waals surface area contributed by atoms with Gasteiger partial charge in [0.05, 0.1) is 18.3 Å². The van der Waals surface area contributed by atoms with Crippen molar-refractivity contribution >= 4 is 5.69 Å². The summed E-state index contributed by atoms with van der Waals surface area (Å²) in [7, 11) is 1.09. The third kappa shape index (κ3) is 2.48. The Morgan fingerprint density at radius 1 is 1.30 bits per heavy atom. The van der Waals surface area contributed by atoms with Gasteiger partial charge in [-0.05, 0) is 19.9 Å². The summed E-state index contributed by atoms with van der Waals surface area (Å²) >= 11 is 0. The number of halogens is 2. The monoisotopic (exact) mass is 322 g/mol. The second-order valence-corrected chi connectivity index (χ2v) is 4.91. The van der Waals surface area contributed by atoms with Crippen molar-refractivity contribution < 1.29 is 13.5 Å². The van der Waals surface area contributed by atoms with Crippen LogP contribution in [-0.2, 0) is 7.05 Å². The van der Waals surface area contributed by atoms with Crippen molar-refractivity contribution in [3.05, 3.63) is 66.5 Å². The molecular weight excluding hydrogens is 310 g/mol. The number of hydrogen-bond acceptors (Lipinski definition) is 3. The molecule has 0 saturated carbocycles. The molecule has 0 aliphatic rings. The zero-order valence-electron chi connectivity index (χ0n) is 12.5. The van der Waals surface area contributed by atoms with Crippen LogP contribution >= 0.6 is 0 Å². The summed E-state index contributed by atoms with van der Waals surface area (Å²) in [5.41, 5.74) is -2.54. The highest BCUT2D eigenvalue weighted by atomic mass is 19.3. The molecule has 0 radical (unpaired) electrons. The fourth-order valence-corrected chi connectivity index (χ4v) is 2.22. The van der Waals surface area contributed by atoms with Gasteiger partial charge < -0.3 is 5.21 Å². The minimum absolute atomic E-state index is 0.00693. The van der Waals surface area contributed by atoms with Crippen molar-refractivity contribution in [2.75, 3.05) is 0 Å². The van der Waals surface area contributed by atoms with E-state index in [0.717, 1.165) is 7.05 Å². The molecule has 120 valence electrons. The normalized spacial score (nSPS) is 10.8. The number of aryl methyl sites for hydroxylation is 1. The number of pyridine rings is 1. The Labute approximate surface area is 129 Å². The number of aromatic nitrogens is 3. The van der Waals surface area contributed by atoms with Crippen molar-refractivity contribution in [1.29, 1.82) is 0 Å². The molecule has 0 aliphatic carbocycles. The first kappa shape index (κ1) is 16.4. The molecule has 0 spiro atoms. The maximum absolute atomic E-state index is 12.8. The van der Waals surface area contributed by atoms with E-state index >= 15 is 0 Å². The Morgan fingerprint density at radius 2 is 1.91 bits per heavy atom. The molecule has 0 aliphatic heterocycles. The smallest absolute Gasteiger partial charge is 0.423 e. The van der Waals surface area contributed by atoms with Gasteiger partial charge in [0.25, 0.3) is 12.2 Å². The second kappa shape index (κ2) is 5.64. The molecule has 0 unspecified atom stereocenters. The van der Waals surface area contributed by atoms with Crippen molar-refractivity contribution in [2.45, 2.75) is 20.3 Å². The Morgan fingerprint density at radius 3 is 2.43 bits per heavy atom. The van der Waals surface area contributed by atoms with Crippen molar-refractivity contribution in [3.63, 3.8) is 0 Å². The first-order valence-corrected chi connectivity index (χ1v) is 6.43. The molecule has 2 aromatic rings. The van der Waals surface area contributed by atoms with Gasteiger partial charge in [0, 0.05) is 12.6 Å². The molecule has 0 amide bonds. The first-order chi connectivity index (χ1) is 10.7. The van der Waals surface area contributed by atoms with Crippen LogP contribution in [0.1, 0.15) is 23.4 Å². The molecule has 0 saturated heterocycles. The average molecular weight is 322 g/mol. The van der Waals surface area contributed by atoms with E-state index in [9.17, 15) is 23.6 Å². The van der Waals surface area contributed by atoms with E-state index in [1.807, 2.05) is 0 Å². The lowest BCUT2D eigenvalue weighted by atomic mass is 10.2. The van der Waals surface area contributed by atoms with E-state index in [0.29, 0.717) is 15.2 Å². The van der Waals surface area contributed by atoms with Gasteiger partial charge in [-0.2, -0.15) is 0 Å². The topological polar surface area (TPSA) is 75.3 Å². The molecule has 0 fully saturated rings. The zero-order valence-corrected chi connectivity index (χ0v) is 12.5. The molecule has 0 bridgehead atoms. The first-order valence-electron chi connectivity index (χ1n) is 6.43. The molecule has 2 heterocycles. The molecular formula is C14H12F2N4O3. The predicted octanol–water partition coefficient (Wildman–Crippen LogP) is 1.27. The molecule has 2 aromatic heterocycles. The number of rotatable bonds is 2. The van der Waals surface area contributed by atoms with Gasteiger partial charge in [0.1, 0.15) is 5.69 Å². The minimum atomic E-state index is -3.00. The van der Waals surface area contributed by atoms with Gasteiger partial charge in [0.2, 0.25) is 5.69 Å². The van der Waals surface area contributed by atoms with Crippen LogP contribution in [0.25, 0.3) is 10.7 Å². The fourth-order valence-electron chi connectivity index (χ4n) is 2.22. The maximum Gasteiger partial charge on any atom is 0.423 e. The number of nitrogens with zero attached hydrogens (tertiary/aromatic N) is 4. The summed E-state index contributed by atoms with van der Waals surface area (Å²) in [5.74, 6) is -0.304. The third-order valence-electron chi connectivity index (χ3n) is 3.49. The third-order valence-corrected chi connectivity index (χ3v) is 3.49. The van der Waals surface area contributed by atoms with Crippen LogP contribution in [-0.4, -0.2) is 9.13 Å². The average Bonchev–Trinajstić information content (AvgIpc) is 2.49. The lowest BCUT2D eigenvalue weighted by Gasteiger charge is -2.15. The Hall–Kier alpha value is -3.02. The summed E-state index contributed by atoms with van der Waals surface area (Å²) in [4.78, 5) is 27.5. The quantitative estimate of drug-likeness (QED) is 0.475. The van der Waals surface area contributed by atoms with Crippen LogP contribution < -0.4 is 16.0 Å². The van der Waals surface area contributed by atoms with Gasteiger partial charge in [-0.15, -0.1) is 4.57 Å². The molecule has 9 heteroatoms. The van der Waals surface area contributed by atoms with Gasteiger partial charge >= 0.3 is 11.2 Å². The lowest BCUT2D eigenvalue weighted by Crippen LogP contribution is -2.47. The molecule has 7 nitrogen and oxygen atoms in total. The van der Waals surface area contributed by atoms with E-state index < -0.39 is 23.4 Å². The van der Waals surface area contributed by atoms with Crippen molar-refractivity contribution in [1.82, 2.24) is 9.13 Å². The standard InChI is InChI=1S/C14H12F2N4O3/c1-7-5-9(17-3)8(2)20(23)13(7)19-11(21)6-10(12(15)16)18(4)14(19)22/h5-6,12H,1-2,4H3. The van der Waals surface area contributed by atoms with Crippen LogP contribution in [0.2, 0.25) is 0 Å². The molecule has 23 heavy (non-hydrogen) atoms. The molecule has 2 rings (SSSR count). The summed E-state index contributed by atoms with van der Waals surface area (Å²) < 4.78 is 27.1. The highest BCUT2D eigenvalue weighted by Crippen LogP contribution is 2.20. The number of hydrogen-bond donors (Lipinski definition) is 0. The highest BCUT2D eigenvalue weighted by Gasteiger charge is 2.25. The van der Waals surface area contributed by atoms with Gasteiger partial charge in [0.15, 0.2) is 0 Å². The van der Waals surface area contributed by atoms with Crippen molar-refractivity contribution in [3.8, 4) is 5.82 Å². The van der Waals surface area contributed by atoms with Crippen LogP contribution in [0, 0.1) is 25.6 Å². The zero-order chi connectivity index (χ0) is 17.5.